The Morgan fingerprint density at radius 1 is 1.13 bits per heavy atom. The lowest BCUT2D eigenvalue weighted by molar-refractivity contribution is -0.0498. The number of alkyl halides is 2. The van der Waals surface area contributed by atoms with E-state index in [9.17, 15) is 13.9 Å². The number of aliphatic hydroxyl groups is 1. The number of hydrogen-bond donors (Lipinski definition) is 1. The van der Waals surface area contributed by atoms with Crippen LogP contribution in [0.25, 0.3) is 0 Å². The second-order valence-electron chi connectivity index (χ2n) is 5.25. The first-order valence-corrected chi connectivity index (χ1v) is 7.90. The zero-order chi connectivity index (χ0) is 16.8. The van der Waals surface area contributed by atoms with Gasteiger partial charge in [-0.25, -0.2) is 0 Å². The lowest BCUT2D eigenvalue weighted by atomic mass is 10.1. The van der Waals surface area contributed by atoms with Crippen LogP contribution in [-0.2, 0) is 6.54 Å². The van der Waals surface area contributed by atoms with E-state index in [1.165, 1.54) is 12.1 Å². The zero-order valence-electron chi connectivity index (χ0n) is 12.6. The largest absolute Gasteiger partial charge is 0.435 e. The highest BCUT2D eigenvalue weighted by Gasteiger charge is 2.13. The van der Waals surface area contributed by atoms with Crippen molar-refractivity contribution in [1.82, 2.24) is 4.90 Å². The van der Waals surface area contributed by atoms with Crippen molar-refractivity contribution in [3.8, 4) is 5.75 Å². The van der Waals surface area contributed by atoms with Crippen LogP contribution in [0.15, 0.2) is 53.0 Å². The number of likely N-dealkylation sites (N-methyl/N-ethyl adjacent to an activating group) is 1. The predicted octanol–water partition coefficient (Wildman–Crippen LogP) is 4.22. The molecule has 0 amide bonds. The smallest absolute Gasteiger partial charge is 0.387 e. The van der Waals surface area contributed by atoms with Gasteiger partial charge in [0.2, 0.25) is 0 Å². The molecule has 0 aliphatic heterocycles. The molecule has 0 aliphatic rings. The molecule has 1 unspecified atom stereocenters. The zero-order valence-corrected chi connectivity index (χ0v) is 14.2. The van der Waals surface area contributed by atoms with Crippen molar-refractivity contribution >= 4 is 15.9 Å². The van der Waals surface area contributed by atoms with Crippen molar-refractivity contribution in [1.29, 1.82) is 0 Å². The Kier molecular flexibility index (Phi) is 6.50. The Balaban J connectivity index is 1.93. The standard InChI is InChI=1S/C17H18BrF2NO2/c1-21(10-13-4-2-3-5-15(13)18)11-16(22)12-6-8-14(9-7-12)23-17(19)20/h2-9,16-17,22H,10-11H2,1H3. The van der Waals surface area contributed by atoms with E-state index in [0.29, 0.717) is 18.7 Å². The SMILES string of the molecule is CN(Cc1ccccc1Br)CC(O)c1ccc(OC(F)F)cc1. The molecule has 2 aromatic rings. The number of hydrogen-bond acceptors (Lipinski definition) is 3. The highest BCUT2D eigenvalue weighted by molar-refractivity contribution is 9.10. The monoisotopic (exact) mass is 385 g/mol. The van der Waals surface area contributed by atoms with Gasteiger partial charge >= 0.3 is 6.61 Å². The quantitative estimate of drug-likeness (QED) is 0.774. The molecule has 0 saturated heterocycles. The molecule has 0 spiro atoms. The molecule has 3 nitrogen and oxygen atoms in total. The summed E-state index contributed by atoms with van der Waals surface area (Å²) in [6, 6.07) is 13.9. The van der Waals surface area contributed by atoms with Crippen molar-refractivity contribution in [3.05, 3.63) is 64.1 Å². The molecule has 0 radical (unpaired) electrons. The number of halogens is 3. The maximum absolute atomic E-state index is 12.1. The van der Waals surface area contributed by atoms with E-state index < -0.39 is 12.7 Å². The normalized spacial score (nSPS) is 12.7. The van der Waals surface area contributed by atoms with Crippen LogP contribution in [0, 0.1) is 0 Å². The topological polar surface area (TPSA) is 32.7 Å². The summed E-state index contributed by atoms with van der Waals surface area (Å²) in [6.07, 6.45) is -0.705. The van der Waals surface area contributed by atoms with Crippen LogP contribution in [0.5, 0.6) is 5.75 Å². The third-order valence-corrected chi connectivity index (χ3v) is 4.15. The Bertz CT molecular complexity index is 622. The fourth-order valence-corrected chi connectivity index (χ4v) is 2.66. The predicted molar refractivity (Wildman–Crippen MR) is 88.5 cm³/mol. The maximum Gasteiger partial charge on any atom is 0.387 e. The third-order valence-electron chi connectivity index (χ3n) is 3.37. The lowest BCUT2D eigenvalue weighted by Gasteiger charge is -2.21. The van der Waals surface area contributed by atoms with Gasteiger partial charge in [0.1, 0.15) is 5.75 Å². The molecular formula is C17H18BrF2NO2. The van der Waals surface area contributed by atoms with Crippen LogP contribution < -0.4 is 4.74 Å². The van der Waals surface area contributed by atoms with E-state index in [4.69, 9.17) is 0 Å². The molecule has 0 aliphatic carbocycles. The van der Waals surface area contributed by atoms with Gasteiger partial charge in [0, 0.05) is 17.6 Å². The van der Waals surface area contributed by atoms with Crippen molar-refractivity contribution in [3.63, 3.8) is 0 Å². The van der Waals surface area contributed by atoms with Crippen molar-refractivity contribution in [2.24, 2.45) is 0 Å². The molecular weight excluding hydrogens is 368 g/mol. The van der Waals surface area contributed by atoms with Gasteiger partial charge in [-0.15, -0.1) is 0 Å². The first-order valence-electron chi connectivity index (χ1n) is 7.10. The molecule has 23 heavy (non-hydrogen) atoms. The number of ether oxygens (including phenoxy) is 1. The molecule has 0 heterocycles. The highest BCUT2D eigenvalue weighted by Crippen LogP contribution is 2.22. The molecule has 0 saturated carbocycles. The summed E-state index contributed by atoms with van der Waals surface area (Å²) in [5.74, 6) is 0.0810. The van der Waals surface area contributed by atoms with Crippen molar-refractivity contribution < 1.29 is 18.6 Å². The van der Waals surface area contributed by atoms with Crippen molar-refractivity contribution in [2.75, 3.05) is 13.6 Å². The van der Waals surface area contributed by atoms with E-state index in [1.54, 1.807) is 12.1 Å². The summed E-state index contributed by atoms with van der Waals surface area (Å²) in [5, 5.41) is 10.3. The molecule has 0 fully saturated rings. The number of aliphatic hydroxyl groups excluding tert-OH is 1. The molecule has 0 aromatic heterocycles. The second kappa shape index (κ2) is 8.38. The average Bonchev–Trinajstić information content (AvgIpc) is 2.49. The Morgan fingerprint density at radius 3 is 2.39 bits per heavy atom. The number of rotatable bonds is 7. The summed E-state index contributed by atoms with van der Waals surface area (Å²) in [5.41, 5.74) is 1.79. The molecule has 124 valence electrons. The molecule has 6 heteroatoms. The Morgan fingerprint density at radius 2 is 1.78 bits per heavy atom. The van der Waals surface area contributed by atoms with Gasteiger partial charge in [0.15, 0.2) is 0 Å². The van der Waals surface area contributed by atoms with E-state index in [-0.39, 0.29) is 5.75 Å². The minimum absolute atomic E-state index is 0.0810. The van der Waals surface area contributed by atoms with E-state index in [0.717, 1.165) is 10.0 Å². The summed E-state index contributed by atoms with van der Waals surface area (Å²) >= 11 is 3.50. The van der Waals surface area contributed by atoms with Gasteiger partial charge in [-0.05, 0) is 36.4 Å². The van der Waals surface area contributed by atoms with E-state index >= 15 is 0 Å². The third kappa shape index (κ3) is 5.57. The molecule has 2 rings (SSSR count). The first kappa shape index (κ1) is 17.8. The Hall–Kier alpha value is -1.50. The molecule has 2 aromatic carbocycles. The minimum atomic E-state index is -2.85. The van der Waals surface area contributed by atoms with Gasteiger partial charge < -0.3 is 9.84 Å². The van der Waals surface area contributed by atoms with Gasteiger partial charge in [0.05, 0.1) is 6.10 Å². The summed E-state index contributed by atoms with van der Waals surface area (Å²) < 4.78 is 29.5. The van der Waals surface area contributed by atoms with Crippen LogP contribution in [0.1, 0.15) is 17.2 Å². The fourth-order valence-electron chi connectivity index (χ4n) is 2.25. The summed E-state index contributed by atoms with van der Waals surface area (Å²) in [6.45, 7) is -1.73. The molecule has 0 bridgehead atoms. The van der Waals surface area contributed by atoms with Gasteiger partial charge in [0.25, 0.3) is 0 Å². The fraction of sp³-hybridized carbons (Fsp3) is 0.294. The Labute approximate surface area is 142 Å². The van der Waals surface area contributed by atoms with Crippen LogP contribution in [0.4, 0.5) is 8.78 Å². The molecule has 1 atom stereocenters. The number of nitrogens with zero attached hydrogens (tertiary/aromatic N) is 1. The van der Waals surface area contributed by atoms with Gasteiger partial charge in [-0.2, -0.15) is 8.78 Å². The first-order chi connectivity index (χ1) is 11.0. The number of benzene rings is 2. The van der Waals surface area contributed by atoms with Crippen LogP contribution in [0.3, 0.4) is 0 Å². The molecule has 1 N–H and O–H groups in total. The maximum atomic E-state index is 12.1. The minimum Gasteiger partial charge on any atom is -0.435 e. The summed E-state index contributed by atoms with van der Waals surface area (Å²) in [7, 11) is 1.91. The van der Waals surface area contributed by atoms with Crippen molar-refractivity contribution in [2.45, 2.75) is 19.3 Å². The second-order valence-corrected chi connectivity index (χ2v) is 6.11. The van der Waals surface area contributed by atoms with Crippen LogP contribution in [0.2, 0.25) is 0 Å². The van der Waals surface area contributed by atoms with E-state index in [1.807, 2.05) is 36.2 Å². The highest BCUT2D eigenvalue weighted by atomic mass is 79.9. The lowest BCUT2D eigenvalue weighted by Crippen LogP contribution is -2.24. The summed E-state index contributed by atoms with van der Waals surface area (Å²) in [4.78, 5) is 1.99. The van der Waals surface area contributed by atoms with E-state index in [2.05, 4.69) is 20.7 Å². The van der Waals surface area contributed by atoms with Crippen LogP contribution in [-0.4, -0.2) is 30.2 Å². The van der Waals surface area contributed by atoms with Crippen LogP contribution >= 0.6 is 15.9 Å². The average molecular weight is 386 g/mol. The van der Waals surface area contributed by atoms with Gasteiger partial charge in [-0.3, -0.25) is 4.90 Å². The van der Waals surface area contributed by atoms with Gasteiger partial charge in [-0.1, -0.05) is 46.3 Å².